The van der Waals surface area contributed by atoms with Gasteiger partial charge in [-0.15, -0.1) is 0 Å². The van der Waals surface area contributed by atoms with Crippen molar-refractivity contribution in [3.8, 4) is 0 Å². The monoisotopic (exact) mass is 291 g/mol. The molecule has 0 aromatic carbocycles. The van der Waals surface area contributed by atoms with Crippen LogP contribution in [0, 0.1) is 5.92 Å². The van der Waals surface area contributed by atoms with E-state index in [4.69, 9.17) is 4.74 Å². The zero-order chi connectivity index (χ0) is 15.2. The number of alkyl carbamates (subject to hydrolysis) is 1. The van der Waals surface area contributed by atoms with E-state index in [1.165, 1.54) is 0 Å². The Labute approximate surface area is 118 Å². The molecule has 2 atom stereocenters. The van der Waals surface area contributed by atoms with Gasteiger partial charge >= 0.3 is 12.7 Å². The number of rotatable bonds is 5. The molecule has 116 valence electrons. The minimum atomic E-state index is -2.84. The second kappa shape index (κ2) is 7.57. The number of nitrogens with one attached hydrogen (secondary N) is 1. The van der Waals surface area contributed by atoms with Crippen LogP contribution in [0.25, 0.3) is 0 Å². The minimum Gasteiger partial charge on any atom is -0.444 e. The van der Waals surface area contributed by atoms with Gasteiger partial charge in [0.2, 0.25) is 0 Å². The molecular weight excluding hydrogens is 268 g/mol. The molecule has 0 aromatic rings. The molecule has 0 aromatic heterocycles. The molecule has 0 saturated carbocycles. The molecular formula is C14H23F2NO3. The first-order chi connectivity index (χ1) is 9.28. The van der Waals surface area contributed by atoms with Gasteiger partial charge in [-0.1, -0.05) is 12.2 Å². The van der Waals surface area contributed by atoms with Crippen LogP contribution in [0.3, 0.4) is 0 Å². The lowest BCUT2D eigenvalue weighted by Crippen LogP contribution is -2.45. The third kappa shape index (κ3) is 6.84. The summed E-state index contributed by atoms with van der Waals surface area (Å²) < 4.78 is 33.9. The summed E-state index contributed by atoms with van der Waals surface area (Å²) in [6, 6.07) is -0.504. The maximum Gasteiger partial charge on any atom is 0.407 e. The van der Waals surface area contributed by atoms with Gasteiger partial charge in [-0.25, -0.2) is 4.79 Å². The molecule has 1 amide bonds. The van der Waals surface area contributed by atoms with Crippen LogP contribution in [0.5, 0.6) is 0 Å². The molecule has 1 rings (SSSR count). The van der Waals surface area contributed by atoms with E-state index in [9.17, 15) is 13.6 Å². The van der Waals surface area contributed by atoms with Crippen LogP contribution in [0.2, 0.25) is 0 Å². The molecule has 20 heavy (non-hydrogen) atoms. The standard InChI is InChI=1S/C14H23F2NO3/c1-14(2,3)20-13(18)17-11(9-19-12(15)16)10-7-5-4-6-8-10/h5,7,10-12H,4,6,8-9H2,1-3H3,(H,17,18)/t10?,11-/m1/s1. The van der Waals surface area contributed by atoms with Crippen molar-refractivity contribution >= 4 is 6.09 Å². The smallest absolute Gasteiger partial charge is 0.407 e. The second-order valence-corrected chi connectivity index (χ2v) is 5.87. The van der Waals surface area contributed by atoms with Crippen LogP contribution in [0.4, 0.5) is 13.6 Å². The summed E-state index contributed by atoms with van der Waals surface area (Å²) in [6.45, 7) is 2.17. The fourth-order valence-corrected chi connectivity index (χ4v) is 2.08. The van der Waals surface area contributed by atoms with E-state index in [-0.39, 0.29) is 12.5 Å². The highest BCUT2D eigenvalue weighted by molar-refractivity contribution is 5.68. The van der Waals surface area contributed by atoms with E-state index in [1.54, 1.807) is 20.8 Å². The number of ether oxygens (including phenoxy) is 2. The summed E-state index contributed by atoms with van der Waals surface area (Å²) in [5.41, 5.74) is -0.624. The van der Waals surface area contributed by atoms with Gasteiger partial charge in [-0.2, -0.15) is 8.78 Å². The van der Waals surface area contributed by atoms with Gasteiger partial charge in [0.1, 0.15) is 5.60 Å². The highest BCUT2D eigenvalue weighted by atomic mass is 19.3. The third-order valence-corrected chi connectivity index (χ3v) is 2.91. The predicted octanol–water partition coefficient (Wildman–Crippen LogP) is 3.48. The number of alkyl halides is 2. The van der Waals surface area contributed by atoms with Gasteiger partial charge < -0.3 is 14.8 Å². The van der Waals surface area contributed by atoms with E-state index >= 15 is 0 Å². The van der Waals surface area contributed by atoms with E-state index in [0.29, 0.717) is 0 Å². The molecule has 1 unspecified atom stereocenters. The molecule has 1 N–H and O–H groups in total. The Morgan fingerprint density at radius 2 is 2.15 bits per heavy atom. The van der Waals surface area contributed by atoms with Gasteiger partial charge in [-0.3, -0.25) is 0 Å². The van der Waals surface area contributed by atoms with Crippen LogP contribution < -0.4 is 5.32 Å². The fourth-order valence-electron chi connectivity index (χ4n) is 2.08. The molecule has 0 bridgehead atoms. The first-order valence-corrected chi connectivity index (χ1v) is 6.84. The zero-order valence-electron chi connectivity index (χ0n) is 12.2. The summed E-state index contributed by atoms with van der Waals surface area (Å²) in [5, 5.41) is 2.63. The molecule has 0 spiro atoms. The quantitative estimate of drug-likeness (QED) is 0.789. The summed E-state index contributed by atoms with van der Waals surface area (Å²) in [4.78, 5) is 11.8. The number of halogens is 2. The van der Waals surface area contributed by atoms with Crippen molar-refractivity contribution in [1.29, 1.82) is 0 Å². The van der Waals surface area contributed by atoms with Crippen molar-refractivity contribution in [2.24, 2.45) is 5.92 Å². The van der Waals surface area contributed by atoms with E-state index in [2.05, 4.69) is 10.1 Å². The van der Waals surface area contributed by atoms with Gasteiger partial charge in [-0.05, 0) is 46.0 Å². The lowest BCUT2D eigenvalue weighted by Gasteiger charge is -2.29. The maximum absolute atomic E-state index is 12.2. The summed E-state index contributed by atoms with van der Waals surface area (Å²) >= 11 is 0. The summed E-state index contributed by atoms with van der Waals surface area (Å²) in [7, 11) is 0. The topological polar surface area (TPSA) is 47.6 Å². The highest BCUT2D eigenvalue weighted by Crippen LogP contribution is 2.21. The molecule has 1 aliphatic carbocycles. The lowest BCUT2D eigenvalue weighted by molar-refractivity contribution is -0.135. The normalized spacial score (nSPS) is 20.8. The van der Waals surface area contributed by atoms with Crippen LogP contribution in [-0.2, 0) is 9.47 Å². The number of hydrogen-bond donors (Lipinski definition) is 1. The summed E-state index contributed by atoms with van der Waals surface area (Å²) in [6.07, 6.45) is 6.12. The van der Waals surface area contributed by atoms with Crippen molar-refractivity contribution in [3.05, 3.63) is 12.2 Å². The molecule has 1 aliphatic rings. The molecule has 0 aliphatic heterocycles. The van der Waals surface area contributed by atoms with Gasteiger partial charge in [0.25, 0.3) is 0 Å². The van der Waals surface area contributed by atoms with E-state index in [1.807, 2.05) is 12.2 Å². The van der Waals surface area contributed by atoms with Crippen LogP contribution >= 0.6 is 0 Å². The highest BCUT2D eigenvalue weighted by Gasteiger charge is 2.26. The molecule has 6 heteroatoms. The summed E-state index contributed by atoms with van der Waals surface area (Å²) in [5.74, 6) is -0.00461. The minimum absolute atomic E-state index is 0.00461. The maximum atomic E-state index is 12.2. The van der Waals surface area contributed by atoms with E-state index < -0.39 is 24.3 Å². The molecule has 4 nitrogen and oxygen atoms in total. The van der Waals surface area contributed by atoms with Crippen molar-refractivity contribution in [2.75, 3.05) is 6.61 Å². The van der Waals surface area contributed by atoms with Gasteiger partial charge in [0.15, 0.2) is 0 Å². The number of allylic oxidation sites excluding steroid dienone is 1. The average Bonchev–Trinajstić information content (AvgIpc) is 2.33. The molecule has 0 radical (unpaired) electrons. The molecule has 0 saturated heterocycles. The molecule has 0 fully saturated rings. The molecule has 0 heterocycles. The van der Waals surface area contributed by atoms with Crippen LogP contribution in [-0.4, -0.2) is 31.0 Å². The van der Waals surface area contributed by atoms with Crippen LogP contribution in [0.15, 0.2) is 12.2 Å². The van der Waals surface area contributed by atoms with Gasteiger partial charge in [0.05, 0.1) is 12.6 Å². The first kappa shape index (κ1) is 16.9. The van der Waals surface area contributed by atoms with Crippen molar-refractivity contribution < 1.29 is 23.0 Å². The first-order valence-electron chi connectivity index (χ1n) is 6.84. The van der Waals surface area contributed by atoms with Gasteiger partial charge in [0, 0.05) is 0 Å². The van der Waals surface area contributed by atoms with Crippen molar-refractivity contribution in [2.45, 2.75) is 58.3 Å². The number of amides is 1. The Morgan fingerprint density at radius 3 is 2.65 bits per heavy atom. The SMILES string of the molecule is CC(C)(C)OC(=O)N[C@H](COC(F)F)C1C=CCCC1. The Hall–Kier alpha value is -1.17. The number of hydrogen-bond acceptors (Lipinski definition) is 3. The fraction of sp³-hybridized carbons (Fsp3) is 0.786. The third-order valence-electron chi connectivity index (χ3n) is 2.91. The Morgan fingerprint density at radius 1 is 1.45 bits per heavy atom. The van der Waals surface area contributed by atoms with Crippen LogP contribution in [0.1, 0.15) is 40.0 Å². The second-order valence-electron chi connectivity index (χ2n) is 5.87. The van der Waals surface area contributed by atoms with Crippen molar-refractivity contribution in [3.63, 3.8) is 0 Å². The zero-order valence-corrected chi connectivity index (χ0v) is 12.2. The Kier molecular flexibility index (Phi) is 6.39. The van der Waals surface area contributed by atoms with E-state index in [0.717, 1.165) is 19.3 Å². The number of carbonyl (C=O) groups excluding carboxylic acids is 1. The lowest BCUT2D eigenvalue weighted by atomic mass is 9.89. The van der Waals surface area contributed by atoms with Crippen molar-refractivity contribution in [1.82, 2.24) is 5.32 Å². The Balaban J connectivity index is 2.59. The average molecular weight is 291 g/mol. The largest absolute Gasteiger partial charge is 0.444 e. The number of carbonyl (C=O) groups is 1. The predicted molar refractivity (Wildman–Crippen MR) is 71.6 cm³/mol. The Bertz CT molecular complexity index is 340.